The molecule has 1 amide bonds. The second-order valence-corrected chi connectivity index (χ2v) is 7.55. The molecule has 0 spiro atoms. The van der Waals surface area contributed by atoms with E-state index in [2.05, 4.69) is 26.0 Å². The molecule has 2 aromatic heterocycles. The van der Waals surface area contributed by atoms with E-state index < -0.39 is 0 Å². The van der Waals surface area contributed by atoms with E-state index in [4.69, 9.17) is 0 Å². The Balaban J connectivity index is 1.27. The van der Waals surface area contributed by atoms with Gasteiger partial charge in [-0.3, -0.25) is 9.48 Å². The third-order valence-electron chi connectivity index (χ3n) is 5.81. The van der Waals surface area contributed by atoms with Crippen molar-refractivity contribution in [3.63, 3.8) is 0 Å². The first-order chi connectivity index (χ1) is 12.2. The van der Waals surface area contributed by atoms with Crippen LogP contribution >= 0.6 is 0 Å². The highest BCUT2D eigenvalue weighted by Gasteiger charge is 2.42. The molecular weight excluding hydrogens is 316 g/mol. The van der Waals surface area contributed by atoms with Gasteiger partial charge < -0.3 is 9.80 Å². The van der Waals surface area contributed by atoms with E-state index >= 15 is 0 Å². The largest absolute Gasteiger partial charge is 0.356 e. The van der Waals surface area contributed by atoms with Gasteiger partial charge in [0, 0.05) is 68.9 Å². The summed E-state index contributed by atoms with van der Waals surface area (Å²) in [5.41, 5.74) is 1.86. The molecule has 2 unspecified atom stereocenters. The number of aryl methyl sites for hydroxylation is 1. The standard InChI is InChI=1S/C18H22N6O/c1-22-16(4-5-21-22)18(25)24-9-13-7-23(8-14(13)10-24)17-6-15(12-2-3-12)19-11-20-17/h4-6,11-14H,2-3,7-10H2,1H3. The van der Waals surface area contributed by atoms with E-state index in [1.807, 2.05) is 11.9 Å². The molecule has 0 N–H and O–H groups in total. The number of nitrogens with zero attached hydrogens (tertiary/aromatic N) is 6. The number of hydrogen-bond acceptors (Lipinski definition) is 5. The van der Waals surface area contributed by atoms with Crippen molar-refractivity contribution in [2.45, 2.75) is 18.8 Å². The highest BCUT2D eigenvalue weighted by molar-refractivity contribution is 5.92. The summed E-state index contributed by atoms with van der Waals surface area (Å²) >= 11 is 0. The number of hydrogen-bond donors (Lipinski definition) is 0. The summed E-state index contributed by atoms with van der Waals surface area (Å²) in [6.45, 7) is 3.60. The van der Waals surface area contributed by atoms with Gasteiger partial charge in [0.05, 0.1) is 0 Å². The molecule has 7 heteroatoms. The summed E-state index contributed by atoms with van der Waals surface area (Å²) in [5.74, 6) is 2.85. The first-order valence-corrected chi connectivity index (χ1v) is 9.03. The molecule has 2 aliphatic heterocycles. The fourth-order valence-corrected chi connectivity index (χ4v) is 4.23. The monoisotopic (exact) mass is 338 g/mol. The van der Waals surface area contributed by atoms with Gasteiger partial charge in [0.15, 0.2) is 0 Å². The number of amides is 1. The van der Waals surface area contributed by atoms with Crippen LogP contribution in [0.4, 0.5) is 5.82 Å². The van der Waals surface area contributed by atoms with Crippen molar-refractivity contribution in [1.82, 2.24) is 24.6 Å². The molecule has 5 rings (SSSR count). The lowest BCUT2D eigenvalue weighted by molar-refractivity contribution is 0.0771. The average molecular weight is 338 g/mol. The zero-order chi connectivity index (χ0) is 17.0. The summed E-state index contributed by atoms with van der Waals surface area (Å²) in [7, 11) is 1.82. The number of fused-ring (bicyclic) bond motifs is 1. The maximum Gasteiger partial charge on any atom is 0.272 e. The Kier molecular flexibility index (Phi) is 3.29. The van der Waals surface area contributed by atoms with Crippen LogP contribution in [0.3, 0.4) is 0 Å². The molecule has 2 atom stereocenters. The molecule has 1 saturated carbocycles. The molecule has 7 nitrogen and oxygen atoms in total. The van der Waals surface area contributed by atoms with Crippen molar-refractivity contribution in [1.29, 1.82) is 0 Å². The molecule has 2 saturated heterocycles. The summed E-state index contributed by atoms with van der Waals surface area (Å²) in [5, 5.41) is 4.11. The van der Waals surface area contributed by atoms with E-state index in [1.165, 1.54) is 18.5 Å². The second kappa shape index (κ2) is 5.54. The van der Waals surface area contributed by atoms with Gasteiger partial charge in [-0.1, -0.05) is 0 Å². The van der Waals surface area contributed by atoms with Crippen LogP contribution in [-0.4, -0.2) is 56.7 Å². The van der Waals surface area contributed by atoms with Gasteiger partial charge >= 0.3 is 0 Å². The quantitative estimate of drug-likeness (QED) is 0.844. The Labute approximate surface area is 146 Å². The second-order valence-electron chi connectivity index (χ2n) is 7.55. The lowest BCUT2D eigenvalue weighted by atomic mass is 10.0. The van der Waals surface area contributed by atoms with Gasteiger partial charge in [-0.15, -0.1) is 0 Å². The lowest BCUT2D eigenvalue weighted by Crippen LogP contribution is -2.34. The summed E-state index contributed by atoms with van der Waals surface area (Å²) < 4.78 is 1.66. The molecule has 3 fully saturated rings. The Hall–Kier alpha value is -2.44. The first-order valence-electron chi connectivity index (χ1n) is 9.03. The first kappa shape index (κ1) is 14.9. The minimum absolute atomic E-state index is 0.0963. The molecule has 4 heterocycles. The van der Waals surface area contributed by atoms with E-state index in [0.717, 1.165) is 32.0 Å². The van der Waals surface area contributed by atoms with Crippen LogP contribution in [0.5, 0.6) is 0 Å². The lowest BCUT2D eigenvalue weighted by Gasteiger charge is -2.22. The van der Waals surface area contributed by atoms with Crippen LogP contribution in [0.25, 0.3) is 0 Å². The predicted octanol–water partition coefficient (Wildman–Crippen LogP) is 1.30. The van der Waals surface area contributed by atoms with Crippen molar-refractivity contribution in [3.05, 3.63) is 36.0 Å². The molecule has 0 bridgehead atoms. The van der Waals surface area contributed by atoms with Crippen LogP contribution in [-0.2, 0) is 7.05 Å². The molecule has 3 aliphatic rings. The molecule has 2 aromatic rings. The van der Waals surface area contributed by atoms with Crippen LogP contribution in [0.15, 0.2) is 24.7 Å². The van der Waals surface area contributed by atoms with Gasteiger partial charge in [0.25, 0.3) is 5.91 Å². The third kappa shape index (κ3) is 2.58. The molecule has 0 aromatic carbocycles. The van der Waals surface area contributed by atoms with Crippen LogP contribution in [0, 0.1) is 11.8 Å². The minimum atomic E-state index is 0.0963. The number of likely N-dealkylation sites (tertiary alicyclic amines) is 1. The molecule has 25 heavy (non-hydrogen) atoms. The van der Waals surface area contributed by atoms with Gasteiger partial charge in [-0.25, -0.2) is 9.97 Å². The van der Waals surface area contributed by atoms with Crippen LogP contribution < -0.4 is 4.90 Å². The molecule has 1 aliphatic carbocycles. The number of aromatic nitrogens is 4. The fraction of sp³-hybridized carbons (Fsp3) is 0.556. The number of carbonyl (C=O) groups is 1. The van der Waals surface area contributed by atoms with E-state index in [-0.39, 0.29) is 5.91 Å². The minimum Gasteiger partial charge on any atom is -0.356 e. The maximum absolute atomic E-state index is 12.7. The highest BCUT2D eigenvalue weighted by atomic mass is 16.2. The summed E-state index contributed by atoms with van der Waals surface area (Å²) in [4.78, 5) is 25.9. The van der Waals surface area contributed by atoms with Crippen molar-refractivity contribution in [2.75, 3.05) is 31.1 Å². The number of rotatable bonds is 3. The van der Waals surface area contributed by atoms with E-state index in [1.54, 1.807) is 23.3 Å². The van der Waals surface area contributed by atoms with Gasteiger partial charge in [0.2, 0.25) is 0 Å². The molecular formula is C18H22N6O. The Morgan fingerprint density at radius 3 is 2.52 bits per heavy atom. The van der Waals surface area contributed by atoms with Crippen LogP contribution in [0.2, 0.25) is 0 Å². The Morgan fingerprint density at radius 2 is 1.88 bits per heavy atom. The van der Waals surface area contributed by atoms with E-state index in [9.17, 15) is 4.79 Å². The zero-order valence-electron chi connectivity index (χ0n) is 14.4. The van der Waals surface area contributed by atoms with Gasteiger partial charge in [-0.2, -0.15) is 5.10 Å². The summed E-state index contributed by atoms with van der Waals surface area (Å²) in [6.07, 6.45) is 5.90. The normalized spacial score (nSPS) is 25.5. The SMILES string of the molecule is Cn1nccc1C(=O)N1CC2CN(c3cc(C4CC4)ncn3)CC2C1. The zero-order valence-corrected chi connectivity index (χ0v) is 14.4. The Morgan fingerprint density at radius 1 is 1.12 bits per heavy atom. The third-order valence-corrected chi connectivity index (χ3v) is 5.81. The average Bonchev–Trinajstić information content (AvgIpc) is 3.07. The highest BCUT2D eigenvalue weighted by Crippen LogP contribution is 2.40. The van der Waals surface area contributed by atoms with Crippen LogP contribution in [0.1, 0.15) is 34.9 Å². The summed E-state index contributed by atoms with van der Waals surface area (Å²) in [6, 6.07) is 3.96. The predicted molar refractivity (Wildman–Crippen MR) is 92.3 cm³/mol. The smallest absolute Gasteiger partial charge is 0.272 e. The Bertz CT molecular complexity index is 799. The van der Waals surface area contributed by atoms with E-state index in [0.29, 0.717) is 23.4 Å². The van der Waals surface area contributed by atoms with Crippen molar-refractivity contribution >= 4 is 11.7 Å². The molecule has 0 radical (unpaired) electrons. The van der Waals surface area contributed by atoms with Crippen molar-refractivity contribution in [3.8, 4) is 0 Å². The van der Waals surface area contributed by atoms with Crippen molar-refractivity contribution < 1.29 is 4.79 Å². The fourth-order valence-electron chi connectivity index (χ4n) is 4.23. The number of carbonyl (C=O) groups excluding carboxylic acids is 1. The topological polar surface area (TPSA) is 67.2 Å². The molecule has 130 valence electrons. The van der Waals surface area contributed by atoms with Crippen molar-refractivity contribution in [2.24, 2.45) is 18.9 Å². The van der Waals surface area contributed by atoms with Gasteiger partial charge in [0.1, 0.15) is 17.8 Å². The number of anilines is 1. The van der Waals surface area contributed by atoms with Gasteiger partial charge in [-0.05, 0) is 18.9 Å². The maximum atomic E-state index is 12.7.